The monoisotopic (exact) mass is 260 g/mol. The summed E-state index contributed by atoms with van der Waals surface area (Å²) in [6, 6.07) is -0.437. The summed E-state index contributed by atoms with van der Waals surface area (Å²) in [5, 5.41) is 12.5. The van der Waals surface area contributed by atoms with Gasteiger partial charge in [0.1, 0.15) is 5.76 Å². The Morgan fingerprint density at radius 1 is 1.47 bits per heavy atom. The number of aryl methyl sites for hydroxylation is 2. The van der Waals surface area contributed by atoms with Crippen molar-refractivity contribution in [1.82, 2.24) is 10.3 Å². The van der Waals surface area contributed by atoms with Crippen LogP contribution < -0.4 is 5.32 Å². The Hall–Kier alpha value is -0.920. The molecule has 1 fully saturated rings. The van der Waals surface area contributed by atoms with Crippen molar-refractivity contribution >= 4 is 9.84 Å². The molecular weight excluding hydrogens is 244 g/mol. The number of nitrogens with one attached hydrogen (secondary N) is 1. The van der Waals surface area contributed by atoms with Crippen molar-refractivity contribution < 1.29 is 17.9 Å². The number of aliphatic hydroxyl groups is 1. The molecule has 2 heterocycles. The topological polar surface area (TPSA) is 92.4 Å². The minimum Gasteiger partial charge on any atom is -0.444 e. The smallest absolute Gasteiger partial charge is 0.208 e. The number of sulfone groups is 1. The van der Waals surface area contributed by atoms with Crippen molar-refractivity contribution in [3.8, 4) is 0 Å². The highest BCUT2D eigenvalue weighted by Crippen LogP contribution is 2.14. The molecule has 0 saturated carbocycles. The molecule has 6 nitrogen and oxygen atoms in total. The van der Waals surface area contributed by atoms with Crippen molar-refractivity contribution in [1.29, 1.82) is 0 Å². The van der Waals surface area contributed by atoms with Gasteiger partial charge in [0, 0.05) is 6.04 Å². The summed E-state index contributed by atoms with van der Waals surface area (Å²) in [5.74, 6) is 1.05. The lowest BCUT2D eigenvalue weighted by Gasteiger charge is -2.12. The average molecular weight is 260 g/mol. The highest BCUT2D eigenvalue weighted by Gasteiger charge is 2.36. The minimum atomic E-state index is -3.12. The maximum absolute atomic E-state index is 11.3. The number of nitrogens with zero attached hydrogens (tertiary/aromatic N) is 1. The number of hydrogen-bond donors (Lipinski definition) is 2. The third-order valence-electron chi connectivity index (χ3n) is 2.91. The van der Waals surface area contributed by atoms with E-state index in [1.807, 2.05) is 13.8 Å². The predicted molar refractivity (Wildman–Crippen MR) is 61.3 cm³/mol. The standard InChI is InChI=1S/C10H16N2O4S/c1-6-7(2)16-10(12-6)3-11-8-4-17(14,15)5-9(8)13/h8-9,11,13H,3-5H2,1-2H3. The zero-order valence-corrected chi connectivity index (χ0v) is 10.6. The third kappa shape index (κ3) is 2.85. The van der Waals surface area contributed by atoms with Gasteiger partial charge in [-0.2, -0.15) is 0 Å². The zero-order valence-electron chi connectivity index (χ0n) is 9.80. The van der Waals surface area contributed by atoms with Crippen molar-refractivity contribution in [2.75, 3.05) is 11.5 Å². The van der Waals surface area contributed by atoms with Crippen LogP contribution in [0.1, 0.15) is 17.3 Å². The molecule has 7 heteroatoms. The molecule has 0 radical (unpaired) electrons. The SMILES string of the molecule is Cc1nc(CNC2CS(=O)(=O)CC2O)oc1C. The van der Waals surface area contributed by atoms with Crippen molar-refractivity contribution in [2.45, 2.75) is 32.5 Å². The second kappa shape index (κ2) is 4.40. The Balaban J connectivity index is 1.95. The Kier molecular flexibility index (Phi) is 3.24. The van der Waals surface area contributed by atoms with Gasteiger partial charge in [0.2, 0.25) is 5.89 Å². The summed E-state index contributed by atoms with van der Waals surface area (Å²) >= 11 is 0. The summed E-state index contributed by atoms with van der Waals surface area (Å²) in [6.07, 6.45) is -0.850. The molecule has 2 unspecified atom stereocenters. The van der Waals surface area contributed by atoms with Crippen LogP contribution in [0.15, 0.2) is 4.42 Å². The minimum absolute atomic E-state index is 0.0349. The molecule has 0 bridgehead atoms. The fourth-order valence-electron chi connectivity index (χ4n) is 1.86. The molecule has 96 valence electrons. The molecule has 0 aliphatic carbocycles. The van der Waals surface area contributed by atoms with Crippen LogP contribution in [0.2, 0.25) is 0 Å². The van der Waals surface area contributed by atoms with Gasteiger partial charge in [-0.15, -0.1) is 0 Å². The molecular formula is C10H16N2O4S. The van der Waals surface area contributed by atoms with Gasteiger partial charge < -0.3 is 14.8 Å². The van der Waals surface area contributed by atoms with Crippen LogP contribution in [0.4, 0.5) is 0 Å². The molecule has 2 rings (SSSR count). The molecule has 0 aromatic carbocycles. The lowest BCUT2D eigenvalue weighted by molar-refractivity contribution is 0.163. The van der Waals surface area contributed by atoms with E-state index in [0.717, 1.165) is 11.5 Å². The first-order chi connectivity index (χ1) is 7.87. The number of aliphatic hydroxyl groups excluding tert-OH is 1. The van der Waals surface area contributed by atoms with Gasteiger partial charge in [-0.05, 0) is 13.8 Å². The van der Waals surface area contributed by atoms with E-state index in [-0.39, 0.29) is 11.5 Å². The van der Waals surface area contributed by atoms with E-state index >= 15 is 0 Å². The first-order valence-electron chi connectivity index (χ1n) is 5.42. The molecule has 0 spiro atoms. The molecule has 0 amide bonds. The lowest BCUT2D eigenvalue weighted by Crippen LogP contribution is -2.38. The average Bonchev–Trinajstić information content (AvgIpc) is 2.64. The van der Waals surface area contributed by atoms with Crippen molar-refractivity contribution in [3.05, 3.63) is 17.3 Å². The summed E-state index contributed by atoms with van der Waals surface area (Å²) < 4.78 is 27.9. The second-order valence-electron chi connectivity index (χ2n) is 4.38. The predicted octanol–water partition coefficient (Wildman–Crippen LogP) is -0.461. The van der Waals surface area contributed by atoms with Crippen LogP contribution in [0.3, 0.4) is 0 Å². The molecule has 1 aromatic rings. The first kappa shape index (κ1) is 12.5. The third-order valence-corrected chi connectivity index (χ3v) is 4.63. The van der Waals surface area contributed by atoms with E-state index in [4.69, 9.17) is 4.42 Å². The highest BCUT2D eigenvalue weighted by molar-refractivity contribution is 7.91. The van der Waals surface area contributed by atoms with Gasteiger partial charge in [0.15, 0.2) is 9.84 Å². The van der Waals surface area contributed by atoms with Crippen molar-refractivity contribution in [3.63, 3.8) is 0 Å². The Bertz CT molecular complexity index is 489. The molecule has 1 saturated heterocycles. The maximum atomic E-state index is 11.3. The Morgan fingerprint density at radius 2 is 2.18 bits per heavy atom. The van der Waals surface area contributed by atoms with Gasteiger partial charge in [0.05, 0.1) is 29.8 Å². The summed E-state index contributed by atoms with van der Waals surface area (Å²) in [4.78, 5) is 4.17. The molecule has 1 aromatic heterocycles. The highest BCUT2D eigenvalue weighted by atomic mass is 32.2. The van der Waals surface area contributed by atoms with Gasteiger partial charge in [-0.3, -0.25) is 0 Å². The van der Waals surface area contributed by atoms with Crippen LogP contribution in [0.5, 0.6) is 0 Å². The van der Waals surface area contributed by atoms with Crippen LogP contribution in [0.25, 0.3) is 0 Å². The van der Waals surface area contributed by atoms with Gasteiger partial charge in [-0.1, -0.05) is 0 Å². The molecule has 2 N–H and O–H groups in total. The normalized spacial score (nSPS) is 27.5. The summed E-state index contributed by atoms with van der Waals surface area (Å²) in [5.41, 5.74) is 0.821. The van der Waals surface area contributed by atoms with E-state index in [0.29, 0.717) is 12.4 Å². The fourth-order valence-corrected chi connectivity index (χ4v) is 3.63. The van der Waals surface area contributed by atoms with Crippen LogP contribution in [0, 0.1) is 13.8 Å². The lowest BCUT2D eigenvalue weighted by atomic mass is 10.2. The Morgan fingerprint density at radius 3 is 2.65 bits per heavy atom. The van der Waals surface area contributed by atoms with Crippen LogP contribution >= 0.6 is 0 Å². The van der Waals surface area contributed by atoms with Gasteiger partial charge in [0.25, 0.3) is 0 Å². The molecule has 2 atom stereocenters. The number of rotatable bonds is 3. The first-order valence-corrected chi connectivity index (χ1v) is 7.24. The fraction of sp³-hybridized carbons (Fsp3) is 0.700. The van der Waals surface area contributed by atoms with Crippen LogP contribution in [-0.2, 0) is 16.4 Å². The van der Waals surface area contributed by atoms with Gasteiger partial charge >= 0.3 is 0 Å². The Labute approximate surface area is 100.0 Å². The molecule has 1 aliphatic rings. The summed E-state index contributed by atoms with van der Waals surface area (Å²) in [6.45, 7) is 3.99. The van der Waals surface area contributed by atoms with E-state index in [9.17, 15) is 13.5 Å². The quantitative estimate of drug-likeness (QED) is 0.764. The number of hydrogen-bond acceptors (Lipinski definition) is 6. The van der Waals surface area contributed by atoms with Gasteiger partial charge in [-0.25, -0.2) is 13.4 Å². The molecule has 1 aliphatic heterocycles. The maximum Gasteiger partial charge on any atom is 0.208 e. The van der Waals surface area contributed by atoms with E-state index < -0.39 is 22.0 Å². The number of oxazole rings is 1. The largest absolute Gasteiger partial charge is 0.444 e. The molecule has 17 heavy (non-hydrogen) atoms. The second-order valence-corrected chi connectivity index (χ2v) is 6.53. The van der Waals surface area contributed by atoms with Crippen LogP contribution in [-0.4, -0.2) is 42.2 Å². The number of aromatic nitrogens is 1. The van der Waals surface area contributed by atoms with Crippen molar-refractivity contribution in [2.24, 2.45) is 0 Å². The zero-order chi connectivity index (χ0) is 12.6. The van der Waals surface area contributed by atoms with E-state index in [1.54, 1.807) is 0 Å². The van der Waals surface area contributed by atoms with E-state index in [1.165, 1.54) is 0 Å². The summed E-state index contributed by atoms with van der Waals surface area (Å²) in [7, 11) is -3.12. The van der Waals surface area contributed by atoms with E-state index in [2.05, 4.69) is 10.3 Å².